The zero-order chi connectivity index (χ0) is 42.6. The number of amides is 5. The molecule has 14 heteroatoms. The lowest BCUT2D eigenvalue weighted by atomic mass is 9.70. The predicted molar refractivity (Wildman–Crippen MR) is 231 cm³/mol. The number of rotatable bonds is 10. The number of carbonyl (C=O) groups excluding carboxylic acids is 5. The standard InChI is InChI=1S/C47H57N7O7/c1-47(2)42(53(46(47)60)37-6-4-5-7-39(37)55)35-11-9-33(27-40(35)61-3)52-20-16-31(17-21-52)29-50-24-22-49(23-25-50)28-30-14-18-51(19-15-30)32-8-10-34-36(26-32)45(59)54(44(34)58)38-12-13-41(56)48-43(38)57/h4-11,26-27,30-31,38,42,55H,12-25,28-29H2,1-3H3,(H,48,56,57)/t38?,42-/m0/s1. The van der Waals surface area contributed by atoms with Gasteiger partial charge in [0.2, 0.25) is 17.7 Å². The highest BCUT2D eigenvalue weighted by Crippen LogP contribution is 2.55. The number of phenols is 1. The van der Waals surface area contributed by atoms with Crippen molar-refractivity contribution in [3.05, 3.63) is 77.4 Å². The lowest BCUT2D eigenvalue weighted by Gasteiger charge is -2.53. The number of piperidine rings is 3. The molecule has 2 atom stereocenters. The van der Waals surface area contributed by atoms with E-state index in [2.05, 4.69) is 43.1 Å². The Bertz CT molecular complexity index is 2220. The summed E-state index contributed by atoms with van der Waals surface area (Å²) in [5, 5.41) is 12.8. The van der Waals surface area contributed by atoms with Crippen molar-refractivity contribution in [2.24, 2.45) is 17.3 Å². The molecule has 322 valence electrons. The molecule has 0 aliphatic carbocycles. The average Bonchev–Trinajstić information content (AvgIpc) is 3.51. The van der Waals surface area contributed by atoms with E-state index in [1.54, 1.807) is 42.3 Å². The molecule has 3 aromatic rings. The van der Waals surface area contributed by atoms with E-state index in [0.717, 1.165) is 119 Å². The van der Waals surface area contributed by atoms with Crippen LogP contribution in [0.25, 0.3) is 0 Å². The summed E-state index contributed by atoms with van der Waals surface area (Å²) >= 11 is 0. The molecule has 6 aliphatic heterocycles. The number of methoxy groups -OCH3 is 1. The van der Waals surface area contributed by atoms with Gasteiger partial charge in [-0.25, -0.2) is 0 Å². The van der Waals surface area contributed by atoms with E-state index in [1.165, 1.54) is 0 Å². The first-order chi connectivity index (χ1) is 29.4. The van der Waals surface area contributed by atoms with Crippen LogP contribution in [-0.2, 0) is 14.4 Å². The van der Waals surface area contributed by atoms with Crippen molar-refractivity contribution in [2.75, 3.05) is 87.3 Å². The average molecular weight is 832 g/mol. The van der Waals surface area contributed by atoms with Crippen molar-refractivity contribution in [2.45, 2.75) is 64.5 Å². The molecule has 5 saturated heterocycles. The molecule has 14 nitrogen and oxygen atoms in total. The van der Waals surface area contributed by atoms with Crippen molar-refractivity contribution in [1.82, 2.24) is 20.0 Å². The largest absolute Gasteiger partial charge is 0.506 e. The van der Waals surface area contributed by atoms with Crippen LogP contribution >= 0.6 is 0 Å². The topological polar surface area (TPSA) is 146 Å². The summed E-state index contributed by atoms with van der Waals surface area (Å²) < 4.78 is 5.94. The molecule has 9 rings (SSSR count). The van der Waals surface area contributed by atoms with Gasteiger partial charge in [-0.1, -0.05) is 18.2 Å². The van der Waals surface area contributed by atoms with Crippen LogP contribution in [0.5, 0.6) is 11.5 Å². The van der Waals surface area contributed by atoms with E-state index in [0.29, 0.717) is 28.7 Å². The van der Waals surface area contributed by atoms with Crippen molar-refractivity contribution in [3.63, 3.8) is 0 Å². The van der Waals surface area contributed by atoms with E-state index in [4.69, 9.17) is 4.74 Å². The van der Waals surface area contributed by atoms with Crippen molar-refractivity contribution >= 4 is 46.6 Å². The number of benzene rings is 3. The summed E-state index contributed by atoms with van der Waals surface area (Å²) in [6, 6.07) is 17.5. The minimum atomic E-state index is -0.959. The summed E-state index contributed by atoms with van der Waals surface area (Å²) in [6.07, 6.45) is 4.66. The molecule has 6 aliphatic rings. The Morgan fingerprint density at radius 3 is 1.85 bits per heavy atom. The zero-order valence-electron chi connectivity index (χ0n) is 35.5. The molecule has 3 aromatic carbocycles. The van der Waals surface area contributed by atoms with Gasteiger partial charge in [0.25, 0.3) is 11.8 Å². The van der Waals surface area contributed by atoms with Crippen LogP contribution in [0.3, 0.4) is 0 Å². The van der Waals surface area contributed by atoms with Crippen LogP contribution in [0.2, 0.25) is 0 Å². The Morgan fingerprint density at radius 1 is 0.689 bits per heavy atom. The Labute approximate surface area is 357 Å². The Hall–Kier alpha value is -5.47. The highest BCUT2D eigenvalue weighted by Gasteiger charge is 2.57. The molecule has 6 heterocycles. The molecule has 0 spiro atoms. The third kappa shape index (κ3) is 7.62. The number of nitrogens with one attached hydrogen (secondary N) is 1. The molecule has 5 amide bonds. The second kappa shape index (κ2) is 16.4. The van der Waals surface area contributed by atoms with Crippen LogP contribution < -0.4 is 24.8 Å². The zero-order valence-corrected chi connectivity index (χ0v) is 35.5. The number of carbonyl (C=O) groups is 5. The maximum absolute atomic E-state index is 13.4. The number of para-hydroxylation sites is 2. The fourth-order valence-electron chi connectivity index (χ4n) is 10.7. The van der Waals surface area contributed by atoms with Gasteiger partial charge in [-0.2, -0.15) is 0 Å². The molecule has 0 saturated carbocycles. The number of ether oxygens (including phenoxy) is 1. The van der Waals surface area contributed by atoms with Crippen LogP contribution in [0, 0.1) is 17.3 Å². The fourth-order valence-corrected chi connectivity index (χ4v) is 10.7. The van der Waals surface area contributed by atoms with Gasteiger partial charge in [-0.05, 0) is 94.2 Å². The molecule has 0 bridgehead atoms. The maximum Gasteiger partial charge on any atom is 0.262 e. The summed E-state index contributed by atoms with van der Waals surface area (Å²) in [4.78, 5) is 76.6. The predicted octanol–water partition coefficient (Wildman–Crippen LogP) is 4.67. The minimum Gasteiger partial charge on any atom is -0.506 e. The molecule has 1 unspecified atom stereocenters. The Morgan fingerprint density at radius 2 is 1.26 bits per heavy atom. The van der Waals surface area contributed by atoms with Gasteiger partial charge in [0.1, 0.15) is 17.5 Å². The monoisotopic (exact) mass is 831 g/mol. The lowest BCUT2D eigenvalue weighted by molar-refractivity contribution is -0.137. The second-order valence-electron chi connectivity index (χ2n) is 18.4. The van der Waals surface area contributed by atoms with Gasteiger partial charge in [-0.3, -0.25) is 39.1 Å². The van der Waals surface area contributed by atoms with Gasteiger partial charge in [0.15, 0.2) is 0 Å². The van der Waals surface area contributed by atoms with E-state index >= 15 is 0 Å². The quantitative estimate of drug-likeness (QED) is 0.217. The molecule has 0 radical (unpaired) electrons. The number of β-lactam (4-membered cyclic amide) rings is 1. The fraction of sp³-hybridized carbons (Fsp3) is 0.511. The first-order valence-corrected chi connectivity index (χ1v) is 22.0. The smallest absolute Gasteiger partial charge is 0.262 e. The highest BCUT2D eigenvalue weighted by atomic mass is 16.5. The Kier molecular flexibility index (Phi) is 11.0. The number of hydrogen-bond acceptors (Lipinski definition) is 11. The van der Waals surface area contributed by atoms with Gasteiger partial charge in [0, 0.05) is 94.9 Å². The van der Waals surface area contributed by atoms with E-state index in [-0.39, 0.29) is 36.4 Å². The summed E-state index contributed by atoms with van der Waals surface area (Å²) in [5.41, 5.74) is 3.52. The van der Waals surface area contributed by atoms with Crippen LogP contribution in [0.15, 0.2) is 60.7 Å². The van der Waals surface area contributed by atoms with E-state index in [9.17, 15) is 29.1 Å². The SMILES string of the molecule is COc1cc(N2CCC(CN3CCN(CC4CCN(c5ccc6c(c5)C(=O)N(C5CCC(=O)NC5=O)C6=O)CC4)CC3)CC2)ccc1[C@@H]1N(c2ccccc2O)C(=O)C1(C)C. The van der Waals surface area contributed by atoms with Gasteiger partial charge in [-0.15, -0.1) is 0 Å². The molecular weight excluding hydrogens is 775 g/mol. The number of aromatic hydroxyl groups is 1. The minimum absolute atomic E-state index is 0.0234. The number of hydrogen-bond donors (Lipinski definition) is 2. The van der Waals surface area contributed by atoms with Crippen LogP contribution in [-0.4, -0.2) is 128 Å². The summed E-state index contributed by atoms with van der Waals surface area (Å²) in [5.74, 6) is 0.179. The second-order valence-corrected chi connectivity index (χ2v) is 18.4. The summed E-state index contributed by atoms with van der Waals surface area (Å²) in [6.45, 7) is 14.2. The van der Waals surface area contributed by atoms with Crippen LogP contribution in [0.1, 0.15) is 84.7 Å². The van der Waals surface area contributed by atoms with Crippen molar-refractivity contribution < 1.29 is 33.8 Å². The molecule has 2 N–H and O–H groups in total. The normalized spacial score (nSPS) is 24.3. The van der Waals surface area contributed by atoms with Gasteiger partial charge >= 0.3 is 0 Å². The van der Waals surface area contributed by atoms with Gasteiger partial charge < -0.3 is 29.4 Å². The van der Waals surface area contributed by atoms with E-state index in [1.807, 2.05) is 26.0 Å². The van der Waals surface area contributed by atoms with Crippen LogP contribution in [0.4, 0.5) is 17.1 Å². The Balaban J connectivity index is 0.719. The van der Waals surface area contributed by atoms with Crippen molar-refractivity contribution in [3.8, 4) is 11.5 Å². The van der Waals surface area contributed by atoms with E-state index < -0.39 is 29.2 Å². The molecule has 5 fully saturated rings. The number of fused-ring (bicyclic) bond motifs is 1. The molecular formula is C47H57N7O7. The first kappa shape index (κ1) is 40.9. The van der Waals surface area contributed by atoms with Crippen molar-refractivity contribution in [1.29, 1.82) is 0 Å². The number of piperazine rings is 1. The molecule has 61 heavy (non-hydrogen) atoms. The highest BCUT2D eigenvalue weighted by molar-refractivity contribution is 6.23. The van der Waals surface area contributed by atoms with Gasteiger partial charge in [0.05, 0.1) is 35.4 Å². The maximum atomic E-state index is 13.4. The third-order valence-electron chi connectivity index (χ3n) is 14.2. The number of imide groups is 2. The molecule has 0 aromatic heterocycles. The number of anilines is 3. The number of nitrogens with zero attached hydrogens (tertiary/aromatic N) is 6. The first-order valence-electron chi connectivity index (χ1n) is 22.0. The number of phenolic OH excluding ortho intramolecular Hbond substituents is 1. The lowest BCUT2D eigenvalue weighted by Crippen LogP contribution is -2.61. The summed E-state index contributed by atoms with van der Waals surface area (Å²) in [7, 11) is 1.69. The third-order valence-corrected chi connectivity index (χ3v) is 14.2.